The molecule has 1 aromatic carbocycles. The number of Topliss-reactive ketones (excluding diaryl/α,β-unsaturated/α-hetero) is 1. The fourth-order valence-corrected chi connectivity index (χ4v) is 3.36. The first-order chi connectivity index (χ1) is 8.64. The number of nitrogens with one attached hydrogen (secondary N) is 1. The van der Waals surface area contributed by atoms with Crippen LogP contribution in [0.5, 0.6) is 0 Å². The topological polar surface area (TPSA) is 46.2 Å². The maximum Gasteiger partial charge on any atom is 0.235 e. The molecule has 1 aliphatic carbocycles. The molecule has 1 heterocycles. The van der Waals surface area contributed by atoms with E-state index in [9.17, 15) is 9.59 Å². The molecule has 0 radical (unpaired) electrons. The van der Waals surface area contributed by atoms with Crippen LogP contribution in [-0.4, -0.2) is 11.7 Å². The smallest absolute Gasteiger partial charge is 0.235 e. The van der Waals surface area contributed by atoms with Crippen LogP contribution >= 0.6 is 0 Å². The van der Waals surface area contributed by atoms with Crippen LogP contribution in [-0.2, 0) is 15.0 Å². The summed E-state index contributed by atoms with van der Waals surface area (Å²) >= 11 is 0. The summed E-state index contributed by atoms with van der Waals surface area (Å²) < 4.78 is 0. The predicted octanol–water partition coefficient (Wildman–Crippen LogP) is 2.66. The summed E-state index contributed by atoms with van der Waals surface area (Å²) in [5.41, 5.74) is 1.17. The average molecular weight is 243 g/mol. The van der Waals surface area contributed by atoms with E-state index < -0.39 is 5.41 Å². The number of para-hydroxylation sites is 1. The zero-order valence-corrected chi connectivity index (χ0v) is 10.5. The van der Waals surface area contributed by atoms with E-state index in [1.165, 1.54) is 0 Å². The second kappa shape index (κ2) is 3.94. The molecule has 1 aliphatic heterocycles. The van der Waals surface area contributed by atoms with Crippen molar-refractivity contribution >= 4 is 17.4 Å². The highest BCUT2D eigenvalue weighted by molar-refractivity contribution is 6.09. The lowest BCUT2D eigenvalue weighted by molar-refractivity contribution is -0.133. The molecule has 0 saturated heterocycles. The van der Waals surface area contributed by atoms with Gasteiger partial charge in [-0.25, -0.2) is 0 Å². The van der Waals surface area contributed by atoms with Crippen LogP contribution in [0.3, 0.4) is 0 Å². The van der Waals surface area contributed by atoms with Crippen LogP contribution in [0.4, 0.5) is 5.69 Å². The number of carbonyl (C=O) groups is 2. The van der Waals surface area contributed by atoms with Gasteiger partial charge in [0.1, 0.15) is 5.78 Å². The number of hydrogen-bond acceptors (Lipinski definition) is 2. The van der Waals surface area contributed by atoms with E-state index in [1.807, 2.05) is 31.2 Å². The second-order valence-corrected chi connectivity index (χ2v) is 5.47. The SMILES string of the molecule is CC1([C@@H]2CCCCC2=O)C(=O)Nc2ccccc21. The summed E-state index contributed by atoms with van der Waals surface area (Å²) in [6, 6.07) is 7.72. The highest BCUT2D eigenvalue weighted by Crippen LogP contribution is 2.46. The van der Waals surface area contributed by atoms with Crippen molar-refractivity contribution in [1.29, 1.82) is 0 Å². The molecule has 3 heteroatoms. The Morgan fingerprint density at radius 2 is 2.00 bits per heavy atom. The zero-order valence-electron chi connectivity index (χ0n) is 10.5. The minimum Gasteiger partial charge on any atom is -0.325 e. The van der Waals surface area contributed by atoms with E-state index in [2.05, 4.69) is 5.32 Å². The van der Waals surface area contributed by atoms with E-state index in [1.54, 1.807) is 0 Å². The molecule has 94 valence electrons. The van der Waals surface area contributed by atoms with Crippen LogP contribution in [0.25, 0.3) is 0 Å². The summed E-state index contributed by atoms with van der Waals surface area (Å²) in [6.07, 6.45) is 3.46. The number of ketones is 1. The second-order valence-electron chi connectivity index (χ2n) is 5.47. The van der Waals surface area contributed by atoms with Crippen molar-refractivity contribution in [2.45, 2.75) is 38.0 Å². The first-order valence-corrected chi connectivity index (χ1v) is 6.57. The summed E-state index contributed by atoms with van der Waals surface area (Å²) in [7, 11) is 0. The van der Waals surface area contributed by atoms with Gasteiger partial charge in [0.05, 0.1) is 5.41 Å². The summed E-state index contributed by atoms with van der Waals surface area (Å²) in [5, 5.41) is 2.91. The molecular weight excluding hydrogens is 226 g/mol. The molecule has 2 aliphatic rings. The molecule has 1 N–H and O–H groups in total. The maximum absolute atomic E-state index is 12.3. The van der Waals surface area contributed by atoms with Gasteiger partial charge in [0, 0.05) is 18.0 Å². The number of hydrogen-bond donors (Lipinski definition) is 1. The average Bonchev–Trinajstić information content (AvgIpc) is 2.63. The molecule has 3 rings (SSSR count). The van der Waals surface area contributed by atoms with E-state index in [0.717, 1.165) is 30.5 Å². The Kier molecular flexibility index (Phi) is 2.51. The van der Waals surface area contributed by atoms with Gasteiger partial charge in [-0.15, -0.1) is 0 Å². The van der Waals surface area contributed by atoms with Crippen molar-refractivity contribution < 1.29 is 9.59 Å². The van der Waals surface area contributed by atoms with Gasteiger partial charge >= 0.3 is 0 Å². The molecule has 0 aromatic heterocycles. The molecular formula is C15H17NO2. The molecule has 1 unspecified atom stereocenters. The van der Waals surface area contributed by atoms with Gasteiger partial charge in [0.15, 0.2) is 0 Å². The summed E-state index contributed by atoms with van der Waals surface area (Å²) in [4.78, 5) is 24.5. The van der Waals surface area contributed by atoms with E-state index in [4.69, 9.17) is 0 Å². The van der Waals surface area contributed by atoms with Gasteiger partial charge in [0.2, 0.25) is 5.91 Å². The Bertz CT molecular complexity index is 523. The highest BCUT2D eigenvalue weighted by atomic mass is 16.2. The fraction of sp³-hybridized carbons (Fsp3) is 0.467. The highest BCUT2D eigenvalue weighted by Gasteiger charge is 2.51. The van der Waals surface area contributed by atoms with Crippen molar-refractivity contribution in [3.63, 3.8) is 0 Å². The lowest BCUT2D eigenvalue weighted by Crippen LogP contribution is -2.44. The Balaban J connectivity index is 2.08. The van der Waals surface area contributed by atoms with Crippen molar-refractivity contribution in [2.24, 2.45) is 5.92 Å². The lowest BCUT2D eigenvalue weighted by atomic mass is 9.66. The van der Waals surface area contributed by atoms with Crippen LogP contribution in [0.1, 0.15) is 38.2 Å². The number of amides is 1. The maximum atomic E-state index is 12.3. The number of anilines is 1. The summed E-state index contributed by atoms with van der Waals surface area (Å²) in [6.45, 7) is 1.92. The normalized spacial score (nSPS) is 31.1. The van der Waals surface area contributed by atoms with Gasteiger partial charge < -0.3 is 5.32 Å². The number of fused-ring (bicyclic) bond motifs is 1. The van der Waals surface area contributed by atoms with Gasteiger partial charge in [-0.05, 0) is 31.4 Å². The van der Waals surface area contributed by atoms with Crippen molar-refractivity contribution in [2.75, 3.05) is 5.32 Å². The van der Waals surface area contributed by atoms with Crippen molar-refractivity contribution in [1.82, 2.24) is 0 Å². The minimum atomic E-state index is -0.673. The Hall–Kier alpha value is -1.64. The number of carbonyl (C=O) groups excluding carboxylic acids is 2. The van der Waals surface area contributed by atoms with Crippen molar-refractivity contribution in [3.05, 3.63) is 29.8 Å². The van der Waals surface area contributed by atoms with Crippen LogP contribution < -0.4 is 5.32 Å². The van der Waals surface area contributed by atoms with Gasteiger partial charge in [0.25, 0.3) is 0 Å². The predicted molar refractivity (Wildman–Crippen MR) is 69.4 cm³/mol. The first kappa shape index (κ1) is 11.5. The zero-order chi connectivity index (χ0) is 12.8. The third-order valence-corrected chi connectivity index (χ3v) is 4.46. The van der Waals surface area contributed by atoms with E-state index in [-0.39, 0.29) is 17.6 Å². The van der Waals surface area contributed by atoms with Crippen LogP contribution in [0.15, 0.2) is 24.3 Å². The molecule has 3 nitrogen and oxygen atoms in total. The molecule has 1 saturated carbocycles. The molecule has 1 amide bonds. The largest absolute Gasteiger partial charge is 0.325 e. The molecule has 1 aromatic rings. The monoisotopic (exact) mass is 243 g/mol. The minimum absolute atomic E-state index is 0.0241. The number of benzene rings is 1. The molecule has 1 fully saturated rings. The fourth-order valence-electron chi connectivity index (χ4n) is 3.36. The Labute approximate surface area is 107 Å². The number of rotatable bonds is 1. The Morgan fingerprint density at radius 3 is 2.78 bits per heavy atom. The van der Waals surface area contributed by atoms with Gasteiger partial charge in [-0.3, -0.25) is 9.59 Å². The van der Waals surface area contributed by atoms with Gasteiger partial charge in [-0.1, -0.05) is 24.6 Å². The summed E-state index contributed by atoms with van der Waals surface area (Å²) in [5.74, 6) is 0.0643. The van der Waals surface area contributed by atoms with E-state index in [0.29, 0.717) is 6.42 Å². The van der Waals surface area contributed by atoms with Crippen LogP contribution in [0.2, 0.25) is 0 Å². The quantitative estimate of drug-likeness (QED) is 0.824. The van der Waals surface area contributed by atoms with E-state index >= 15 is 0 Å². The van der Waals surface area contributed by atoms with Crippen LogP contribution in [0, 0.1) is 5.92 Å². The first-order valence-electron chi connectivity index (χ1n) is 6.57. The molecule has 18 heavy (non-hydrogen) atoms. The Morgan fingerprint density at radius 1 is 1.22 bits per heavy atom. The standard InChI is InChI=1S/C15H17NO2/c1-15(11-7-3-5-9-13(11)17)10-6-2-4-8-12(10)16-14(15)18/h2,4,6,8,11H,3,5,7,9H2,1H3,(H,16,18)/t11-,15?/m1/s1. The molecule has 0 bridgehead atoms. The molecule has 0 spiro atoms. The van der Waals surface area contributed by atoms with Crippen molar-refractivity contribution in [3.8, 4) is 0 Å². The third-order valence-electron chi connectivity index (χ3n) is 4.46. The third kappa shape index (κ3) is 1.43. The lowest BCUT2D eigenvalue weighted by Gasteiger charge is -2.34. The molecule has 2 atom stereocenters. The van der Waals surface area contributed by atoms with Gasteiger partial charge in [-0.2, -0.15) is 0 Å².